The zero-order valence-electron chi connectivity index (χ0n) is 12.9. The molecule has 0 amide bonds. The van der Waals surface area contributed by atoms with Crippen molar-refractivity contribution in [3.63, 3.8) is 0 Å². The van der Waals surface area contributed by atoms with Crippen molar-refractivity contribution in [3.8, 4) is 0 Å². The monoisotopic (exact) mass is 258 g/mol. The smallest absolute Gasteiger partial charge is 0.152 e. The van der Waals surface area contributed by atoms with E-state index in [0.717, 1.165) is 0 Å². The minimum Gasteiger partial charge on any atom is -0.295 e. The van der Waals surface area contributed by atoms with Gasteiger partial charge in [0.2, 0.25) is 0 Å². The molecule has 19 heavy (non-hydrogen) atoms. The summed E-state index contributed by atoms with van der Waals surface area (Å²) in [6, 6.07) is 0. The summed E-state index contributed by atoms with van der Waals surface area (Å²) in [6.07, 6.45) is 13.6. The third-order valence-electron chi connectivity index (χ3n) is 3.75. The molecule has 0 aromatic rings. The van der Waals surface area contributed by atoms with Crippen LogP contribution in [0.15, 0.2) is 47.1 Å². The molecule has 1 rings (SSSR count). The molecule has 0 bridgehead atoms. The molecule has 1 aliphatic rings. The number of carbonyl (C=O) groups is 1. The van der Waals surface area contributed by atoms with Crippen molar-refractivity contribution in [1.29, 1.82) is 0 Å². The zero-order chi connectivity index (χ0) is 14.5. The van der Waals surface area contributed by atoms with Gasteiger partial charge >= 0.3 is 0 Å². The Kier molecular flexibility index (Phi) is 5.53. The molecule has 0 atom stereocenters. The average molecular weight is 258 g/mol. The maximum Gasteiger partial charge on any atom is 0.152 e. The number of ketones is 1. The van der Waals surface area contributed by atoms with Crippen molar-refractivity contribution in [2.24, 2.45) is 5.41 Å². The summed E-state index contributed by atoms with van der Waals surface area (Å²) in [7, 11) is 0. The fourth-order valence-corrected chi connectivity index (χ4v) is 2.62. The fraction of sp³-hybridized carbons (Fsp3) is 0.500. The molecule has 0 saturated heterocycles. The Morgan fingerprint density at radius 2 is 1.89 bits per heavy atom. The number of hydrogen-bond donors (Lipinski definition) is 0. The number of rotatable bonds is 4. The molecule has 0 fully saturated rings. The van der Waals surface area contributed by atoms with Crippen molar-refractivity contribution in [1.82, 2.24) is 0 Å². The maximum absolute atomic E-state index is 10.8. The van der Waals surface area contributed by atoms with E-state index in [1.54, 1.807) is 13.0 Å². The van der Waals surface area contributed by atoms with Crippen LogP contribution >= 0.6 is 0 Å². The number of allylic oxidation sites excluding steroid dienone is 8. The Balaban J connectivity index is 2.83. The minimum atomic E-state index is 0.0833. The van der Waals surface area contributed by atoms with Crippen LogP contribution in [0.1, 0.15) is 53.9 Å². The first-order chi connectivity index (χ1) is 8.83. The van der Waals surface area contributed by atoms with Crippen LogP contribution in [-0.2, 0) is 4.79 Å². The van der Waals surface area contributed by atoms with E-state index in [1.165, 1.54) is 36.0 Å². The van der Waals surface area contributed by atoms with Crippen LogP contribution in [0.3, 0.4) is 0 Å². The molecule has 0 heterocycles. The summed E-state index contributed by atoms with van der Waals surface area (Å²) in [4.78, 5) is 10.8. The predicted octanol–water partition coefficient (Wildman–Crippen LogP) is 5.16. The normalized spacial score (nSPS) is 20.6. The molecular weight excluding hydrogens is 232 g/mol. The molecule has 0 radical (unpaired) electrons. The van der Waals surface area contributed by atoms with Crippen LogP contribution in [0.2, 0.25) is 0 Å². The van der Waals surface area contributed by atoms with Crippen molar-refractivity contribution in [2.45, 2.75) is 53.9 Å². The third-order valence-corrected chi connectivity index (χ3v) is 3.75. The summed E-state index contributed by atoms with van der Waals surface area (Å²) in [5.74, 6) is 0.0833. The van der Waals surface area contributed by atoms with Gasteiger partial charge in [-0.05, 0) is 57.1 Å². The Bertz CT molecular complexity index is 456. The van der Waals surface area contributed by atoms with Crippen LogP contribution in [0, 0.1) is 5.41 Å². The standard InChI is InChI=1S/C18H26O/c1-14(8-6-10-16(3)19)11-12-17-15(2)9-7-13-18(17,4)5/h6,8,10-12H,7,9,13H2,1-5H3/b10-6-,12-11+,14-8+. The first kappa shape index (κ1) is 15.7. The zero-order valence-corrected chi connectivity index (χ0v) is 12.9. The Labute approximate surface area is 117 Å². The van der Waals surface area contributed by atoms with Crippen molar-refractivity contribution in [2.75, 3.05) is 0 Å². The van der Waals surface area contributed by atoms with Gasteiger partial charge in [0.1, 0.15) is 0 Å². The van der Waals surface area contributed by atoms with Crippen molar-refractivity contribution < 1.29 is 4.79 Å². The second kappa shape index (κ2) is 6.70. The number of hydrogen-bond acceptors (Lipinski definition) is 1. The quantitative estimate of drug-likeness (QED) is 0.503. The number of carbonyl (C=O) groups excluding carboxylic acids is 1. The molecule has 0 saturated carbocycles. The van der Waals surface area contributed by atoms with E-state index in [4.69, 9.17) is 0 Å². The van der Waals surface area contributed by atoms with Crippen LogP contribution in [0.4, 0.5) is 0 Å². The first-order valence-electron chi connectivity index (χ1n) is 7.07. The molecule has 104 valence electrons. The second-order valence-corrected chi connectivity index (χ2v) is 6.15. The Hall–Kier alpha value is -1.37. The highest BCUT2D eigenvalue weighted by molar-refractivity contribution is 5.87. The topological polar surface area (TPSA) is 17.1 Å². The van der Waals surface area contributed by atoms with Gasteiger partial charge in [0, 0.05) is 0 Å². The highest BCUT2D eigenvalue weighted by Gasteiger charge is 2.26. The molecular formula is C18H26O. The summed E-state index contributed by atoms with van der Waals surface area (Å²) in [5, 5.41) is 0. The summed E-state index contributed by atoms with van der Waals surface area (Å²) >= 11 is 0. The lowest BCUT2D eigenvalue weighted by molar-refractivity contribution is -0.112. The molecule has 0 N–H and O–H groups in total. The van der Waals surface area contributed by atoms with Crippen molar-refractivity contribution >= 4 is 5.78 Å². The molecule has 0 aromatic carbocycles. The second-order valence-electron chi connectivity index (χ2n) is 6.15. The molecule has 0 aromatic heterocycles. The SMILES string of the molecule is CC(=O)\C=C/C=C(C)/C=C/C1=C(C)CCCC1(C)C. The van der Waals surface area contributed by atoms with Crippen LogP contribution in [0.25, 0.3) is 0 Å². The van der Waals surface area contributed by atoms with Crippen LogP contribution in [-0.4, -0.2) is 5.78 Å². The average Bonchev–Trinajstić information content (AvgIpc) is 2.26. The van der Waals surface area contributed by atoms with E-state index in [2.05, 4.69) is 39.8 Å². The predicted molar refractivity (Wildman–Crippen MR) is 83.1 cm³/mol. The molecule has 1 heteroatoms. The summed E-state index contributed by atoms with van der Waals surface area (Å²) < 4.78 is 0. The van der Waals surface area contributed by atoms with E-state index in [0.29, 0.717) is 0 Å². The lowest BCUT2D eigenvalue weighted by atomic mass is 9.72. The molecule has 0 unspecified atom stereocenters. The third kappa shape index (κ3) is 5.02. The molecule has 0 spiro atoms. The maximum atomic E-state index is 10.8. The highest BCUT2D eigenvalue weighted by Crippen LogP contribution is 2.40. The van der Waals surface area contributed by atoms with Crippen molar-refractivity contribution in [3.05, 3.63) is 47.1 Å². The fourth-order valence-electron chi connectivity index (χ4n) is 2.62. The Morgan fingerprint density at radius 3 is 2.47 bits per heavy atom. The van der Waals surface area contributed by atoms with Gasteiger partial charge in [0.05, 0.1) is 0 Å². The van der Waals surface area contributed by atoms with Gasteiger partial charge in [-0.25, -0.2) is 0 Å². The van der Waals surface area contributed by atoms with Gasteiger partial charge in [-0.15, -0.1) is 0 Å². The van der Waals surface area contributed by atoms with Gasteiger partial charge in [-0.3, -0.25) is 4.79 Å². The van der Waals surface area contributed by atoms with Gasteiger partial charge in [-0.1, -0.05) is 49.3 Å². The van der Waals surface area contributed by atoms with E-state index in [-0.39, 0.29) is 11.2 Å². The molecule has 1 aliphatic carbocycles. The lowest BCUT2D eigenvalue weighted by Gasteiger charge is -2.32. The van der Waals surface area contributed by atoms with Gasteiger partial charge in [-0.2, -0.15) is 0 Å². The van der Waals surface area contributed by atoms with Gasteiger partial charge < -0.3 is 0 Å². The van der Waals surface area contributed by atoms with E-state index < -0.39 is 0 Å². The van der Waals surface area contributed by atoms with E-state index >= 15 is 0 Å². The molecule has 1 nitrogen and oxygen atoms in total. The van der Waals surface area contributed by atoms with Crippen LogP contribution < -0.4 is 0 Å². The van der Waals surface area contributed by atoms with Crippen LogP contribution in [0.5, 0.6) is 0 Å². The Morgan fingerprint density at radius 1 is 1.21 bits per heavy atom. The summed E-state index contributed by atoms with van der Waals surface area (Å²) in [6.45, 7) is 10.5. The largest absolute Gasteiger partial charge is 0.295 e. The summed E-state index contributed by atoms with van der Waals surface area (Å²) in [5.41, 5.74) is 4.44. The first-order valence-corrected chi connectivity index (χ1v) is 7.07. The minimum absolute atomic E-state index is 0.0833. The van der Waals surface area contributed by atoms with Gasteiger partial charge in [0.25, 0.3) is 0 Å². The van der Waals surface area contributed by atoms with E-state index in [1.807, 2.05) is 12.2 Å². The molecule has 0 aliphatic heterocycles. The van der Waals surface area contributed by atoms with E-state index in [9.17, 15) is 4.79 Å². The lowest BCUT2D eigenvalue weighted by Crippen LogP contribution is -2.19. The highest BCUT2D eigenvalue weighted by atomic mass is 16.1. The van der Waals surface area contributed by atoms with Gasteiger partial charge in [0.15, 0.2) is 5.78 Å².